The summed E-state index contributed by atoms with van der Waals surface area (Å²) in [5, 5.41) is 0. The zero-order valence-corrected chi connectivity index (χ0v) is 22.0. The van der Waals surface area contributed by atoms with E-state index in [4.69, 9.17) is 0 Å². The Labute approximate surface area is 218 Å². The lowest BCUT2D eigenvalue weighted by atomic mass is 9.77. The van der Waals surface area contributed by atoms with E-state index in [0.29, 0.717) is 18.1 Å². The maximum atomic E-state index is 14.5. The highest BCUT2D eigenvalue weighted by Gasteiger charge is 2.35. The minimum Gasteiger partial charge on any atom is -0.429 e. The first-order chi connectivity index (χ1) is 17.8. The molecule has 1 aliphatic carbocycles. The number of unbranched alkanes of at least 4 members (excludes halogenated alkanes) is 7. The highest BCUT2D eigenvalue weighted by molar-refractivity contribution is 5.29. The van der Waals surface area contributed by atoms with Crippen molar-refractivity contribution in [2.45, 2.75) is 109 Å². The zero-order valence-electron chi connectivity index (χ0n) is 22.0. The van der Waals surface area contributed by atoms with Gasteiger partial charge >= 0.3 is 6.11 Å². The van der Waals surface area contributed by atoms with E-state index in [1.807, 2.05) is 0 Å². The molecule has 0 aromatic heterocycles. The van der Waals surface area contributed by atoms with Crippen molar-refractivity contribution in [1.29, 1.82) is 0 Å². The molecule has 1 aliphatic rings. The standard InChI is InChI=1S/C31H41F5O/c1-2-3-4-5-6-7-8-9-10-23-11-13-24(14-12-23)15-16-25-17-19-26(20-18-25)31(35,36)37-27-21-28(32)30(34)29(33)22-27/h17-24H,2-16H2,1H3. The lowest BCUT2D eigenvalue weighted by Gasteiger charge is -2.28. The molecule has 0 saturated heterocycles. The monoisotopic (exact) mass is 524 g/mol. The van der Waals surface area contributed by atoms with Crippen LogP contribution >= 0.6 is 0 Å². The van der Waals surface area contributed by atoms with E-state index in [-0.39, 0.29) is 0 Å². The largest absolute Gasteiger partial charge is 0.429 e. The normalized spacial score (nSPS) is 18.2. The van der Waals surface area contributed by atoms with Crippen molar-refractivity contribution in [3.05, 3.63) is 65.0 Å². The Balaban J connectivity index is 1.35. The minimum absolute atomic E-state index is 0.408. The van der Waals surface area contributed by atoms with Crippen LogP contribution in [-0.2, 0) is 12.5 Å². The van der Waals surface area contributed by atoms with E-state index in [0.717, 1.165) is 24.3 Å². The second-order valence-electron chi connectivity index (χ2n) is 10.7. The summed E-state index contributed by atoms with van der Waals surface area (Å²) >= 11 is 0. The molecule has 1 saturated carbocycles. The van der Waals surface area contributed by atoms with Crippen molar-refractivity contribution in [3.63, 3.8) is 0 Å². The molecule has 3 rings (SSSR count). The molecule has 0 bridgehead atoms. The fourth-order valence-electron chi connectivity index (χ4n) is 5.41. The van der Waals surface area contributed by atoms with Crippen LogP contribution in [0.15, 0.2) is 36.4 Å². The molecule has 0 N–H and O–H groups in total. The number of aryl methyl sites for hydroxylation is 1. The summed E-state index contributed by atoms with van der Waals surface area (Å²) in [6.07, 6.45) is 15.4. The van der Waals surface area contributed by atoms with Crippen molar-refractivity contribution in [3.8, 4) is 5.75 Å². The van der Waals surface area contributed by atoms with Crippen LogP contribution in [0.1, 0.15) is 108 Å². The first-order valence-electron chi connectivity index (χ1n) is 14.1. The third kappa shape index (κ3) is 9.61. The quantitative estimate of drug-likeness (QED) is 0.128. The van der Waals surface area contributed by atoms with E-state index in [1.54, 1.807) is 12.1 Å². The molecule has 1 nitrogen and oxygen atoms in total. The van der Waals surface area contributed by atoms with E-state index >= 15 is 0 Å². The first-order valence-corrected chi connectivity index (χ1v) is 14.1. The van der Waals surface area contributed by atoms with Crippen molar-refractivity contribution < 1.29 is 26.7 Å². The Bertz CT molecular complexity index is 912. The average Bonchev–Trinajstić information content (AvgIpc) is 2.88. The summed E-state index contributed by atoms with van der Waals surface area (Å²) in [5.74, 6) is -4.12. The Morgan fingerprint density at radius 1 is 0.730 bits per heavy atom. The molecule has 37 heavy (non-hydrogen) atoms. The molecule has 0 unspecified atom stereocenters. The van der Waals surface area contributed by atoms with Crippen LogP contribution in [0.25, 0.3) is 0 Å². The predicted molar refractivity (Wildman–Crippen MR) is 138 cm³/mol. The molecular weight excluding hydrogens is 483 g/mol. The van der Waals surface area contributed by atoms with Gasteiger partial charge in [-0.3, -0.25) is 0 Å². The number of alkyl halides is 2. The summed E-state index contributed by atoms with van der Waals surface area (Å²) < 4.78 is 73.2. The van der Waals surface area contributed by atoms with E-state index in [2.05, 4.69) is 11.7 Å². The summed E-state index contributed by atoms with van der Waals surface area (Å²) in [7, 11) is 0. The highest BCUT2D eigenvalue weighted by atomic mass is 19.3. The third-order valence-corrected chi connectivity index (χ3v) is 7.77. The number of rotatable bonds is 15. The lowest BCUT2D eigenvalue weighted by molar-refractivity contribution is -0.185. The molecule has 0 radical (unpaired) electrons. The van der Waals surface area contributed by atoms with Crippen LogP contribution in [0.3, 0.4) is 0 Å². The molecule has 206 valence electrons. The van der Waals surface area contributed by atoms with Crippen molar-refractivity contribution in [1.82, 2.24) is 0 Å². The van der Waals surface area contributed by atoms with Crippen molar-refractivity contribution >= 4 is 0 Å². The van der Waals surface area contributed by atoms with Crippen LogP contribution in [0.2, 0.25) is 0 Å². The zero-order chi connectivity index (χ0) is 26.7. The van der Waals surface area contributed by atoms with Gasteiger partial charge in [-0.2, -0.15) is 8.78 Å². The predicted octanol–water partition coefficient (Wildman–Crippen LogP) is 10.5. The van der Waals surface area contributed by atoms with Gasteiger partial charge in [0.25, 0.3) is 0 Å². The number of halogens is 5. The van der Waals surface area contributed by atoms with Gasteiger partial charge in [0.05, 0.1) is 5.56 Å². The molecule has 0 heterocycles. The van der Waals surface area contributed by atoms with Gasteiger partial charge in [0, 0.05) is 12.1 Å². The maximum absolute atomic E-state index is 14.5. The summed E-state index contributed by atoms with van der Waals surface area (Å²) in [5.41, 5.74) is 0.544. The number of hydrogen-bond acceptors (Lipinski definition) is 1. The topological polar surface area (TPSA) is 9.23 Å². The SMILES string of the molecule is CCCCCCCCCCC1CCC(CCc2ccc(C(F)(F)Oc3cc(F)c(F)c(F)c3)cc2)CC1. The molecule has 6 heteroatoms. The Morgan fingerprint density at radius 3 is 1.81 bits per heavy atom. The molecule has 0 spiro atoms. The van der Waals surface area contributed by atoms with Crippen LogP contribution in [0.4, 0.5) is 22.0 Å². The minimum atomic E-state index is -3.80. The smallest absolute Gasteiger partial charge is 0.426 e. The maximum Gasteiger partial charge on any atom is 0.426 e. The van der Waals surface area contributed by atoms with E-state index in [9.17, 15) is 22.0 Å². The van der Waals surface area contributed by atoms with Gasteiger partial charge in [-0.1, -0.05) is 103 Å². The summed E-state index contributed by atoms with van der Waals surface area (Å²) in [6.45, 7) is 2.25. The van der Waals surface area contributed by atoms with Gasteiger partial charge in [-0.15, -0.1) is 0 Å². The van der Waals surface area contributed by atoms with Crippen LogP contribution in [0.5, 0.6) is 5.75 Å². The van der Waals surface area contributed by atoms with Crippen LogP contribution in [-0.4, -0.2) is 0 Å². The molecule has 1 fully saturated rings. The van der Waals surface area contributed by atoms with Crippen molar-refractivity contribution in [2.75, 3.05) is 0 Å². The van der Waals surface area contributed by atoms with Gasteiger partial charge in [0.2, 0.25) is 0 Å². The van der Waals surface area contributed by atoms with Crippen LogP contribution in [0, 0.1) is 29.3 Å². The van der Waals surface area contributed by atoms with Gasteiger partial charge in [-0.25, -0.2) is 13.2 Å². The molecule has 0 amide bonds. The molecule has 2 aromatic rings. The molecular formula is C31H41F5O. The number of benzene rings is 2. The van der Waals surface area contributed by atoms with Gasteiger partial charge in [-0.05, 0) is 42.4 Å². The first kappa shape index (κ1) is 29.4. The fraction of sp³-hybridized carbons (Fsp3) is 0.613. The van der Waals surface area contributed by atoms with E-state index < -0.39 is 34.9 Å². The molecule has 0 aliphatic heterocycles. The number of hydrogen-bond donors (Lipinski definition) is 0. The van der Waals surface area contributed by atoms with Gasteiger partial charge in [0.1, 0.15) is 5.75 Å². The second-order valence-corrected chi connectivity index (χ2v) is 10.7. The fourth-order valence-corrected chi connectivity index (χ4v) is 5.41. The molecule has 0 atom stereocenters. The average molecular weight is 525 g/mol. The summed E-state index contributed by atoms with van der Waals surface area (Å²) in [4.78, 5) is 0. The summed E-state index contributed by atoms with van der Waals surface area (Å²) in [6, 6.07) is 6.65. The molecule has 2 aromatic carbocycles. The van der Waals surface area contributed by atoms with Crippen molar-refractivity contribution in [2.24, 2.45) is 11.8 Å². The number of ether oxygens (including phenoxy) is 1. The van der Waals surface area contributed by atoms with Gasteiger partial charge in [0.15, 0.2) is 17.5 Å². The highest BCUT2D eigenvalue weighted by Crippen LogP contribution is 2.35. The third-order valence-electron chi connectivity index (χ3n) is 7.77. The van der Waals surface area contributed by atoms with E-state index in [1.165, 1.54) is 95.6 Å². The Kier molecular flexibility index (Phi) is 11.7. The second kappa shape index (κ2) is 14.7. The Hall–Kier alpha value is -2.11. The lowest BCUT2D eigenvalue weighted by Crippen LogP contribution is -2.22. The van der Waals surface area contributed by atoms with Gasteiger partial charge < -0.3 is 4.74 Å². The Morgan fingerprint density at radius 2 is 1.24 bits per heavy atom. The van der Waals surface area contributed by atoms with Crippen LogP contribution < -0.4 is 4.74 Å².